The zero-order chi connectivity index (χ0) is 10.6. The van der Waals surface area contributed by atoms with Crippen molar-refractivity contribution in [2.24, 2.45) is 0 Å². The Balaban J connectivity index is 3.01. The number of hydrogen-bond donors (Lipinski definition) is 3. The summed E-state index contributed by atoms with van der Waals surface area (Å²) in [4.78, 5) is 11.5. The maximum atomic E-state index is 11.5. The Kier molecular flexibility index (Phi) is 3.34. The molecule has 0 aliphatic rings. The third-order valence-electron chi connectivity index (χ3n) is 1.89. The highest BCUT2D eigenvalue weighted by Gasteiger charge is 2.09. The molecule has 0 aliphatic heterocycles. The molecular formula is C10H15N3O. The molecule has 0 bridgehead atoms. The van der Waals surface area contributed by atoms with Crippen LogP contribution in [0.5, 0.6) is 0 Å². The van der Waals surface area contributed by atoms with Gasteiger partial charge >= 0.3 is 0 Å². The summed E-state index contributed by atoms with van der Waals surface area (Å²) in [5.74, 6) is -0.0862. The first-order valence-electron chi connectivity index (χ1n) is 4.54. The molecule has 1 aromatic carbocycles. The van der Waals surface area contributed by atoms with Crippen molar-refractivity contribution in [1.82, 2.24) is 5.32 Å². The van der Waals surface area contributed by atoms with Crippen molar-refractivity contribution in [3.8, 4) is 0 Å². The van der Waals surface area contributed by atoms with Crippen molar-refractivity contribution in [3.63, 3.8) is 0 Å². The maximum Gasteiger partial charge on any atom is 0.253 e. The van der Waals surface area contributed by atoms with Crippen molar-refractivity contribution >= 4 is 17.3 Å². The lowest BCUT2D eigenvalue weighted by Gasteiger charge is -2.09. The summed E-state index contributed by atoms with van der Waals surface area (Å²) in [6.45, 7) is 2.50. The van der Waals surface area contributed by atoms with Crippen molar-refractivity contribution < 1.29 is 4.79 Å². The fraction of sp³-hybridized carbons (Fsp3) is 0.300. The van der Waals surface area contributed by atoms with Crippen LogP contribution in [0.2, 0.25) is 0 Å². The van der Waals surface area contributed by atoms with Gasteiger partial charge in [-0.05, 0) is 25.1 Å². The molecule has 0 aromatic heterocycles. The third kappa shape index (κ3) is 2.16. The zero-order valence-electron chi connectivity index (χ0n) is 8.42. The van der Waals surface area contributed by atoms with Crippen LogP contribution >= 0.6 is 0 Å². The fourth-order valence-electron chi connectivity index (χ4n) is 1.22. The normalized spacial score (nSPS) is 9.57. The van der Waals surface area contributed by atoms with Crippen LogP contribution in [-0.2, 0) is 0 Å². The molecule has 4 nitrogen and oxygen atoms in total. The minimum atomic E-state index is -0.0862. The van der Waals surface area contributed by atoms with Crippen LogP contribution < -0.4 is 16.4 Å². The van der Waals surface area contributed by atoms with Gasteiger partial charge in [-0.1, -0.05) is 0 Å². The minimum absolute atomic E-state index is 0.0862. The number of carbonyl (C=O) groups excluding carboxylic acids is 1. The maximum absolute atomic E-state index is 11.5. The number of rotatable bonds is 3. The Hall–Kier alpha value is -1.71. The summed E-state index contributed by atoms with van der Waals surface area (Å²) in [6.07, 6.45) is 0. The number of amides is 1. The first-order chi connectivity index (χ1) is 6.69. The molecule has 1 rings (SSSR count). The van der Waals surface area contributed by atoms with E-state index < -0.39 is 0 Å². The van der Waals surface area contributed by atoms with Gasteiger partial charge in [0.05, 0.1) is 5.56 Å². The first kappa shape index (κ1) is 10.4. The predicted octanol–water partition coefficient (Wildman–Crippen LogP) is 1.06. The van der Waals surface area contributed by atoms with Gasteiger partial charge in [-0.3, -0.25) is 4.79 Å². The molecule has 14 heavy (non-hydrogen) atoms. The van der Waals surface area contributed by atoms with Crippen molar-refractivity contribution in [2.45, 2.75) is 6.92 Å². The van der Waals surface area contributed by atoms with Gasteiger partial charge in [0, 0.05) is 25.0 Å². The minimum Gasteiger partial charge on any atom is -0.399 e. The van der Waals surface area contributed by atoms with Crippen LogP contribution in [0.3, 0.4) is 0 Å². The van der Waals surface area contributed by atoms with Crippen LogP contribution in [0, 0.1) is 0 Å². The molecule has 0 fully saturated rings. The molecule has 0 spiro atoms. The van der Waals surface area contributed by atoms with Gasteiger partial charge in [-0.2, -0.15) is 0 Å². The summed E-state index contributed by atoms with van der Waals surface area (Å²) in [6, 6.07) is 5.17. The Morgan fingerprint density at radius 3 is 2.79 bits per heavy atom. The second-order valence-electron chi connectivity index (χ2n) is 2.91. The SMILES string of the molecule is CCNC(=O)c1ccc(N)cc1NC. The molecule has 0 atom stereocenters. The molecular weight excluding hydrogens is 178 g/mol. The molecule has 1 amide bonds. The fourth-order valence-corrected chi connectivity index (χ4v) is 1.22. The van der Waals surface area contributed by atoms with Crippen LogP contribution in [0.1, 0.15) is 17.3 Å². The lowest BCUT2D eigenvalue weighted by Crippen LogP contribution is -2.23. The van der Waals surface area contributed by atoms with Crippen molar-refractivity contribution in [1.29, 1.82) is 0 Å². The third-order valence-corrected chi connectivity index (χ3v) is 1.89. The molecule has 0 unspecified atom stereocenters. The molecule has 0 heterocycles. The topological polar surface area (TPSA) is 67.2 Å². The van der Waals surface area contributed by atoms with Crippen molar-refractivity contribution in [3.05, 3.63) is 23.8 Å². The molecule has 76 valence electrons. The van der Waals surface area contributed by atoms with E-state index in [1.165, 1.54) is 0 Å². The van der Waals surface area contributed by atoms with Gasteiger partial charge < -0.3 is 16.4 Å². The van der Waals surface area contributed by atoms with Gasteiger partial charge in [0.2, 0.25) is 0 Å². The number of carbonyl (C=O) groups is 1. The number of nitrogen functional groups attached to an aromatic ring is 1. The standard InChI is InChI=1S/C10H15N3O/c1-3-13-10(14)8-5-4-7(11)6-9(8)12-2/h4-6,12H,3,11H2,1-2H3,(H,13,14). The zero-order valence-corrected chi connectivity index (χ0v) is 8.42. The molecule has 0 saturated heterocycles. The molecule has 4 N–H and O–H groups in total. The van der Waals surface area contributed by atoms with Crippen molar-refractivity contribution in [2.75, 3.05) is 24.6 Å². The lowest BCUT2D eigenvalue weighted by molar-refractivity contribution is 0.0956. The summed E-state index contributed by atoms with van der Waals surface area (Å²) < 4.78 is 0. The van der Waals surface area contributed by atoms with E-state index in [0.29, 0.717) is 17.8 Å². The smallest absolute Gasteiger partial charge is 0.253 e. The number of hydrogen-bond acceptors (Lipinski definition) is 3. The Morgan fingerprint density at radius 2 is 2.21 bits per heavy atom. The van der Waals surface area contributed by atoms with E-state index in [2.05, 4.69) is 10.6 Å². The van der Waals surface area contributed by atoms with Gasteiger partial charge in [0.15, 0.2) is 0 Å². The average Bonchev–Trinajstić information content (AvgIpc) is 2.17. The van der Waals surface area contributed by atoms with Gasteiger partial charge in [0.25, 0.3) is 5.91 Å². The quantitative estimate of drug-likeness (QED) is 0.629. The van der Waals surface area contributed by atoms with Crippen LogP contribution in [-0.4, -0.2) is 19.5 Å². The second-order valence-corrected chi connectivity index (χ2v) is 2.91. The number of nitrogens with one attached hydrogen (secondary N) is 2. The van der Waals surface area contributed by atoms with E-state index in [4.69, 9.17) is 5.73 Å². The van der Waals surface area contributed by atoms with E-state index in [0.717, 1.165) is 5.69 Å². The molecule has 1 aromatic rings. The largest absolute Gasteiger partial charge is 0.399 e. The summed E-state index contributed by atoms with van der Waals surface area (Å²) in [5, 5.41) is 5.67. The Morgan fingerprint density at radius 1 is 1.50 bits per heavy atom. The Labute approximate surface area is 83.5 Å². The summed E-state index contributed by atoms with van der Waals surface area (Å²) >= 11 is 0. The van der Waals surface area contributed by atoms with E-state index in [9.17, 15) is 4.79 Å². The molecule has 4 heteroatoms. The second kappa shape index (κ2) is 4.50. The van der Waals surface area contributed by atoms with Gasteiger partial charge in [0.1, 0.15) is 0 Å². The highest BCUT2D eigenvalue weighted by atomic mass is 16.1. The van der Waals surface area contributed by atoms with Crippen LogP contribution in [0.4, 0.5) is 11.4 Å². The highest BCUT2D eigenvalue weighted by Crippen LogP contribution is 2.18. The van der Waals surface area contributed by atoms with Gasteiger partial charge in [-0.15, -0.1) is 0 Å². The molecule has 0 aliphatic carbocycles. The molecule has 0 saturated carbocycles. The number of anilines is 2. The highest BCUT2D eigenvalue weighted by molar-refractivity contribution is 6.00. The lowest BCUT2D eigenvalue weighted by atomic mass is 10.1. The average molecular weight is 193 g/mol. The number of benzene rings is 1. The van der Waals surface area contributed by atoms with Gasteiger partial charge in [-0.25, -0.2) is 0 Å². The van der Waals surface area contributed by atoms with E-state index in [-0.39, 0.29) is 5.91 Å². The Bertz CT molecular complexity index is 336. The summed E-state index contributed by atoms with van der Waals surface area (Å²) in [5.41, 5.74) is 7.61. The van der Waals surface area contributed by atoms with Crippen LogP contribution in [0.15, 0.2) is 18.2 Å². The summed E-state index contributed by atoms with van der Waals surface area (Å²) in [7, 11) is 1.76. The molecule has 0 radical (unpaired) electrons. The van der Waals surface area contributed by atoms with E-state index >= 15 is 0 Å². The monoisotopic (exact) mass is 193 g/mol. The van der Waals surface area contributed by atoms with Crippen LogP contribution in [0.25, 0.3) is 0 Å². The first-order valence-corrected chi connectivity index (χ1v) is 4.54. The number of nitrogens with two attached hydrogens (primary N) is 1. The van der Waals surface area contributed by atoms with E-state index in [1.54, 1.807) is 25.2 Å². The van der Waals surface area contributed by atoms with E-state index in [1.807, 2.05) is 6.92 Å². The predicted molar refractivity (Wildman–Crippen MR) is 58.4 cm³/mol.